The quantitative estimate of drug-likeness (QED) is 0.382. The average Bonchev–Trinajstić information content (AvgIpc) is 3.29. The number of hydrogen-bond acceptors (Lipinski definition) is 3. The highest BCUT2D eigenvalue weighted by molar-refractivity contribution is 5.88. The number of amides is 2. The molecule has 34 heavy (non-hydrogen) atoms. The van der Waals surface area contributed by atoms with E-state index in [0.29, 0.717) is 6.42 Å². The molecule has 1 aromatic heterocycles. The van der Waals surface area contributed by atoms with Crippen molar-refractivity contribution in [2.45, 2.75) is 32.0 Å². The maximum atomic E-state index is 13.6. The van der Waals surface area contributed by atoms with Crippen molar-refractivity contribution >= 4 is 22.9 Å². The number of nitrogens with one attached hydrogen (secondary N) is 2. The number of aromatic nitrogens is 1. The number of hydrogen-bond donors (Lipinski definition) is 2. The van der Waals surface area contributed by atoms with Crippen LogP contribution < -0.4 is 5.32 Å². The van der Waals surface area contributed by atoms with Crippen LogP contribution in [-0.2, 0) is 22.6 Å². The number of nitrogens with zero attached hydrogens (tertiary/aromatic N) is 1. The molecule has 2 amide bonds. The molecular formula is C28H29N3O3. The molecule has 2 atom stereocenters. The summed E-state index contributed by atoms with van der Waals surface area (Å²) in [6.07, 6.45) is 1.61. The summed E-state index contributed by atoms with van der Waals surface area (Å²) < 4.78 is 5.41. The van der Waals surface area contributed by atoms with Crippen molar-refractivity contribution in [3.05, 3.63) is 108 Å². The molecule has 0 unspecified atom stereocenters. The van der Waals surface area contributed by atoms with Gasteiger partial charge >= 0.3 is 6.09 Å². The highest BCUT2D eigenvalue weighted by atomic mass is 16.5. The van der Waals surface area contributed by atoms with Crippen LogP contribution >= 0.6 is 0 Å². The fourth-order valence-electron chi connectivity index (χ4n) is 4.02. The number of alkyl carbamates (subject to hydrolysis) is 1. The second-order valence-electron chi connectivity index (χ2n) is 8.36. The van der Waals surface area contributed by atoms with Gasteiger partial charge in [-0.1, -0.05) is 78.9 Å². The lowest BCUT2D eigenvalue weighted by atomic mass is 10.0. The van der Waals surface area contributed by atoms with E-state index in [9.17, 15) is 9.59 Å². The Morgan fingerprint density at radius 1 is 0.941 bits per heavy atom. The van der Waals surface area contributed by atoms with Gasteiger partial charge in [-0.2, -0.15) is 0 Å². The number of likely N-dealkylation sites (N-methyl/N-ethyl adjacent to an activating group) is 1. The predicted octanol–water partition coefficient (Wildman–Crippen LogP) is 5.23. The van der Waals surface area contributed by atoms with Crippen molar-refractivity contribution in [3.63, 3.8) is 0 Å². The minimum absolute atomic E-state index is 0.136. The third-order valence-electron chi connectivity index (χ3n) is 6.11. The molecule has 0 radical (unpaired) electrons. The smallest absolute Gasteiger partial charge is 0.408 e. The number of carbonyl (C=O) groups is 2. The summed E-state index contributed by atoms with van der Waals surface area (Å²) in [5.41, 5.74) is 3.85. The van der Waals surface area contributed by atoms with Crippen LogP contribution in [0, 0.1) is 0 Å². The Hall–Kier alpha value is -4.06. The van der Waals surface area contributed by atoms with Gasteiger partial charge in [-0.15, -0.1) is 0 Å². The van der Waals surface area contributed by atoms with Crippen LogP contribution in [0.1, 0.15) is 29.7 Å². The highest BCUT2D eigenvalue weighted by Gasteiger charge is 2.28. The van der Waals surface area contributed by atoms with Gasteiger partial charge in [0.05, 0.1) is 6.04 Å². The number of carbonyl (C=O) groups excluding carboxylic acids is 2. The molecule has 0 bridgehead atoms. The largest absolute Gasteiger partial charge is 0.445 e. The van der Waals surface area contributed by atoms with Gasteiger partial charge in [-0.25, -0.2) is 4.79 Å². The van der Waals surface area contributed by atoms with Crippen molar-refractivity contribution in [1.29, 1.82) is 0 Å². The minimum Gasteiger partial charge on any atom is -0.445 e. The van der Waals surface area contributed by atoms with Crippen molar-refractivity contribution in [2.24, 2.45) is 0 Å². The molecule has 2 N–H and O–H groups in total. The molecule has 0 saturated carbocycles. The number of ether oxygens (including phenoxy) is 1. The number of para-hydroxylation sites is 1. The zero-order valence-electron chi connectivity index (χ0n) is 19.4. The highest BCUT2D eigenvalue weighted by Crippen LogP contribution is 2.22. The molecule has 1 heterocycles. The molecule has 174 valence electrons. The van der Waals surface area contributed by atoms with E-state index in [-0.39, 0.29) is 18.6 Å². The van der Waals surface area contributed by atoms with Gasteiger partial charge in [-0.05, 0) is 29.7 Å². The van der Waals surface area contributed by atoms with Crippen molar-refractivity contribution in [2.75, 3.05) is 7.05 Å². The van der Waals surface area contributed by atoms with Crippen molar-refractivity contribution < 1.29 is 14.3 Å². The predicted molar refractivity (Wildman–Crippen MR) is 133 cm³/mol. The van der Waals surface area contributed by atoms with Crippen LogP contribution in [0.5, 0.6) is 0 Å². The normalized spacial score (nSPS) is 12.6. The fourth-order valence-corrected chi connectivity index (χ4v) is 4.02. The molecule has 0 aliphatic rings. The number of rotatable bonds is 8. The molecule has 0 aliphatic heterocycles. The van der Waals surface area contributed by atoms with Crippen molar-refractivity contribution in [1.82, 2.24) is 15.2 Å². The third-order valence-corrected chi connectivity index (χ3v) is 6.11. The van der Waals surface area contributed by atoms with E-state index in [1.807, 2.05) is 98.0 Å². The molecular weight excluding hydrogens is 426 g/mol. The Balaban J connectivity index is 1.52. The second kappa shape index (κ2) is 10.7. The second-order valence-corrected chi connectivity index (χ2v) is 8.36. The van der Waals surface area contributed by atoms with Gasteiger partial charge in [0, 0.05) is 30.6 Å². The van der Waals surface area contributed by atoms with Crippen LogP contribution in [0.15, 0.2) is 91.1 Å². The third kappa shape index (κ3) is 5.46. The van der Waals surface area contributed by atoms with E-state index >= 15 is 0 Å². The summed E-state index contributed by atoms with van der Waals surface area (Å²) in [6, 6.07) is 26.3. The molecule has 6 heteroatoms. The number of H-pyrrole nitrogens is 1. The summed E-state index contributed by atoms with van der Waals surface area (Å²) in [6.45, 7) is 2.11. The van der Waals surface area contributed by atoms with Gasteiger partial charge in [0.25, 0.3) is 0 Å². The summed E-state index contributed by atoms with van der Waals surface area (Å²) in [4.78, 5) is 31.2. The first-order valence-electron chi connectivity index (χ1n) is 11.4. The van der Waals surface area contributed by atoms with Crippen LogP contribution in [0.4, 0.5) is 4.79 Å². The molecule has 6 nitrogen and oxygen atoms in total. The Labute approximate surface area is 199 Å². The van der Waals surface area contributed by atoms with E-state index in [1.165, 1.54) is 0 Å². The molecule has 0 fully saturated rings. The first-order valence-corrected chi connectivity index (χ1v) is 11.4. The van der Waals surface area contributed by atoms with Gasteiger partial charge in [0.2, 0.25) is 5.91 Å². The van der Waals surface area contributed by atoms with Gasteiger partial charge in [0.15, 0.2) is 0 Å². The van der Waals surface area contributed by atoms with Crippen LogP contribution in [0.2, 0.25) is 0 Å². The molecule has 4 aromatic rings. The molecule has 0 saturated heterocycles. The summed E-state index contributed by atoms with van der Waals surface area (Å²) >= 11 is 0. The van der Waals surface area contributed by atoms with Crippen LogP contribution in [-0.4, -0.2) is 35.0 Å². The first-order chi connectivity index (χ1) is 16.5. The number of fused-ring (bicyclic) bond motifs is 1. The van der Waals surface area contributed by atoms with Crippen molar-refractivity contribution in [3.8, 4) is 0 Å². The lowest BCUT2D eigenvalue weighted by Gasteiger charge is -2.29. The molecule has 0 spiro atoms. The SMILES string of the molecule is C[C@H](c1ccccc1)N(C)C(=O)[C@H](Cc1c[nH]c2ccccc12)NC(=O)OCc1ccccc1. The minimum atomic E-state index is -0.779. The zero-order chi connectivity index (χ0) is 23.9. The molecule has 3 aromatic carbocycles. The first kappa shape index (κ1) is 23.1. The topological polar surface area (TPSA) is 74.4 Å². The van der Waals surface area contributed by atoms with Crippen LogP contribution in [0.25, 0.3) is 10.9 Å². The molecule has 0 aliphatic carbocycles. The van der Waals surface area contributed by atoms with E-state index in [0.717, 1.165) is 27.6 Å². The number of benzene rings is 3. The standard InChI is InChI=1S/C28H29N3O3/c1-20(22-13-7-4-8-14-22)31(2)27(32)26(17-23-18-29-25-16-10-9-15-24(23)25)30-28(33)34-19-21-11-5-3-6-12-21/h3-16,18,20,26,29H,17,19H2,1-2H3,(H,30,33)/t20-,26+/m1/s1. The Morgan fingerprint density at radius 2 is 1.59 bits per heavy atom. The lowest BCUT2D eigenvalue weighted by Crippen LogP contribution is -2.49. The average molecular weight is 456 g/mol. The van der Waals surface area contributed by atoms with E-state index in [1.54, 1.807) is 11.9 Å². The maximum absolute atomic E-state index is 13.6. The van der Waals surface area contributed by atoms with Gasteiger partial charge in [-0.3, -0.25) is 4.79 Å². The summed E-state index contributed by atoms with van der Waals surface area (Å²) in [7, 11) is 1.76. The number of aromatic amines is 1. The zero-order valence-corrected chi connectivity index (χ0v) is 19.4. The Kier molecular flexibility index (Phi) is 7.28. The van der Waals surface area contributed by atoms with Crippen LogP contribution in [0.3, 0.4) is 0 Å². The Bertz CT molecular complexity index is 1240. The molecule has 4 rings (SSSR count). The summed E-state index contributed by atoms with van der Waals surface area (Å²) in [5, 5.41) is 3.84. The van der Waals surface area contributed by atoms with E-state index < -0.39 is 12.1 Å². The van der Waals surface area contributed by atoms with Gasteiger partial charge in [0.1, 0.15) is 12.6 Å². The maximum Gasteiger partial charge on any atom is 0.408 e. The summed E-state index contributed by atoms with van der Waals surface area (Å²) in [5.74, 6) is -0.182. The monoisotopic (exact) mass is 455 g/mol. The van der Waals surface area contributed by atoms with E-state index in [2.05, 4.69) is 10.3 Å². The van der Waals surface area contributed by atoms with E-state index in [4.69, 9.17) is 4.74 Å². The lowest BCUT2D eigenvalue weighted by molar-refractivity contribution is -0.134. The fraction of sp³-hybridized carbons (Fsp3) is 0.214. The van der Waals surface area contributed by atoms with Gasteiger partial charge < -0.3 is 19.9 Å². The Morgan fingerprint density at radius 3 is 2.32 bits per heavy atom.